The Hall–Kier alpha value is -2.79. The van der Waals surface area contributed by atoms with Crippen molar-refractivity contribution in [3.05, 3.63) is 83.2 Å². The number of hydrogen-bond acceptors (Lipinski definition) is 4. The molecule has 0 radical (unpaired) electrons. The Bertz CT molecular complexity index is 1130. The van der Waals surface area contributed by atoms with Gasteiger partial charge in [-0.15, -0.1) is 10.2 Å². The fourth-order valence-corrected chi connectivity index (χ4v) is 4.54. The van der Waals surface area contributed by atoms with E-state index in [0.29, 0.717) is 6.61 Å². The average molecular weight is 404 g/mol. The quantitative estimate of drug-likeness (QED) is 0.358. The van der Waals surface area contributed by atoms with E-state index in [1.165, 1.54) is 21.9 Å². The average Bonchev–Trinajstić information content (AvgIpc) is 3.13. The zero-order valence-corrected chi connectivity index (χ0v) is 17.9. The van der Waals surface area contributed by atoms with Crippen LogP contribution in [0.4, 0.5) is 0 Å². The molecule has 0 bridgehead atoms. The van der Waals surface area contributed by atoms with Crippen molar-refractivity contribution in [2.75, 3.05) is 0 Å². The molecule has 148 valence electrons. The van der Waals surface area contributed by atoms with Gasteiger partial charge in [-0.1, -0.05) is 71.9 Å². The summed E-state index contributed by atoms with van der Waals surface area (Å²) in [6, 6.07) is 21.2. The predicted molar refractivity (Wildman–Crippen MR) is 119 cm³/mol. The van der Waals surface area contributed by atoms with Crippen molar-refractivity contribution in [1.29, 1.82) is 0 Å². The highest BCUT2D eigenvalue weighted by Gasteiger charge is 2.13. The van der Waals surface area contributed by atoms with Crippen LogP contribution < -0.4 is 4.74 Å². The van der Waals surface area contributed by atoms with Gasteiger partial charge in [0.25, 0.3) is 0 Å². The summed E-state index contributed by atoms with van der Waals surface area (Å²) in [5.74, 6) is 2.61. The molecule has 0 fully saturated rings. The van der Waals surface area contributed by atoms with E-state index in [9.17, 15) is 0 Å². The lowest BCUT2D eigenvalue weighted by Crippen LogP contribution is -2.07. The molecule has 1 heterocycles. The summed E-state index contributed by atoms with van der Waals surface area (Å²) < 4.78 is 8.16. The molecule has 0 amide bonds. The normalized spacial score (nSPS) is 11.1. The van der Waals surface area contributed by atoms with Crippen LogP contribution >= 0.6 is 11.8 Å². The molecule has 0 aliphatic rings. The number of benzene rings is 3. The summed E-state index contributed by atoms with van der Waals surface area (Å²) in [5, 5.41) is 12.3. The molecule has 4 rings (SSSR count). The topological polar surface area (TPSA) is 39.9 Å². The van der Waals surface area contributed by atoms with Crippen LogP contribution in [0.15, 0.2) is 65.8 Å². The van der Waals surface area contributed by atoms with E-state index in [4.69, 9.17) is 4.74 Å². The third kappa shape index (κ3) is 4.30. The molecule has 29 heavy (non-hydrogen) atoms. The van der Waals surface area contributed by atoms with Gasteiger partial charge >= 0.3 is 0 Å². The predicted octanol–water partition coefficient (Wildman–Crippen LogP) is 5.94. The second-order valence-electron chi connectivity index (χ2n) is 7.13. The molecule has 4 nitrogen and oxygen atoms in total. The van der Waals surface area contributed by atoms with Gasteiger partial charge in [-0.25, -0.2) is 0 Å². The lowest BCUT2D eigenvalue weighted by atomic mass is 10.1. The Morgan fingerprint density at radius 1 is 0.966 bits per heavy atom. The maximum Gasteiger partial charge on any atom is 0.191 e. The third-order valence-corrected chi connectivity index (χ3v) is 6.05. The molecular formula is C24H25N3OS. The number of nitrogens with zero attached hydrogens (tertiary/aromatic N) is 3. The lowest BCUT2D eigenvalue weighted by Gasteiger charge is -2.11. The molecule has 0 aliphatic heterocycles. The van der Waals surface area contributed by atoms with Crippen molar-refractivity contribution >= 4 is 22.5 Å². The summed E-state index contributed by atoms with van der Waals surface area (Å²) in [6.07, 6.45) is 0. The molecule has 0 spiro atoms. The Labute approximate surface area is 175 Å². The summed E-state index contributed by atoms with van der Waals surface area (Å²) in [5.41, 5.74) is 3.68. The summed E-state index contributed by atoms with van der Waals surface area (Å²) >= 11 is 1.72. The molecule has 0 saturated carbocycles. The summed E-state index contributed by atoms with van der Waals surface area (Å²) in [4.78, 5) is 0. The standard InChI is InChI=1S/C24H25N3OS/c1-4-27-23(15-28-22-13-12-17(2)14-18(22)3)25-26-24(27)29-16-20-10-7-9-19-8-5-6-11-21(19)20/h5-14H,4,15-16H2,1-3H3. The van der Waals surface area contributed by atoms with E-state index >= 15 is 0 Å². The van der Waals surface area contributed by atoms with E-state index in [0.717, 1.165) is 34.6 Å². The van der Waals surface area contributed by atoms with Gasteiger partial charge in [0.2, 0.25) is 0 Å². The van der Waals surface area contributed by atoms with E-state index in [-0.39, 0.29) is 0 Å². The Kier molecular flexibility index (Phi) is 5.86. The molecular weight excluding hydrogens is 378 g/mol. The van der Waals surface area contributed by atoms with Crippen molar-refractivity contribution in [3.63, 3.8) is 0 Å². The SMILES string of the molecule is CCn1c(COc2ccc(C)cc2C)nnc1SCc1cccc2ccccc12. The third-order valence-electron chi connectivity index (χ3n) is 5.03. The van der Waals surface area contributed by atoms with E-state index in [1.807, 2.05) is 6.07 Å². The Morgan fingerprint density at radius 2 is 1.79 bits per heavy atom. The zero-order valence-electron chi connectivity index (χ0n) is 17.1. The van der Waals surface area contributed by atoms with Crippen LogP contribution in [0, 0.1) is 13.8 Å². The van der Waals surface area contributed by atoms with Crippen LogP contribution in [0.2, 0.25) is 0 Å². The molecule has 1 aromatic heterocycles. The molecule has 0 N–H and O–H groups in total. The highest BCUT2D eigenvalue weighted by molar-refractivity contribution is 7.98. The van der Waals surface area contributed by atoms with E-state index in [1.54, 1.807) is 11.8 Å². The van der Waals surface area contributed by atoms with Gasteiger partial charge in [-0.2, -0.15) is 0 Å². The van der Waals surface area contributed by atoms with Gasteiger partial charge < -0.3 is 9.30 Å². The second-order valence-corrected chi connectivity index (χ2v) is 8.07. The van der Waals surface area contributed by atoms with Crippen LogP contribution in [-0.2, 0) is 18.9 Å². The van der Waals surface area contributed by atoms with Crippen LogP contribution in [0.5, 0.6) is 5.75 Å². The molecule has 3 aromatic carbocycles. The van der Waals surface area contributed by atoms with Crippen LogP contribution in [-0.4, -0.2) is 14.8 Å². The Balaban J connectivity index is 1.48. The monoisotopic (exact) mass is 403 g/mol. The van der Waals surface area contributed by atoms with Crippen molar-refractivity contribution < 1.29 is 4.74 Å². The number of thioether (sulfide) groups is 1. The number of ether oxygens (including phenoxy) is 1. The van der Waals surface area contributed by atoms with E-state index in [2.05, 4.69) is 90.1 Å². The second kappa shape index (κ2) is 8.70. The fraction of sp³-hybridized carbons (Fsp3) is 0.250. The highest BCUT2D eigenvalue weighted by Crippen LogP contribution is 2.27. The largest absolute Gasteiger partial charge is 0.485 e. The first kappa shape index (κ1) is 19.5. The molecule has 4 aromatic rings. The van der Waals surface area contributed by atoms with Gasteiger partial charge in [0.1, 0.15) is 12.4 Å². The van der Waals surface area contributed by atoms with Crippen molar-refractivity contribution in [3.8, 4) is 5.75 Å². The minimum absolute atomic E-state index is 0.416. The van der Waals surface area contributed by atoms with Gasteiger partial charge in [0.15, 0.2) is 11.0 Å². The number of fused-ring (bicyclic) bond motifs is 1. The first-order valence-electron chi connectivity index (χ1n) is 9.87. The molecule has 5 heteroatoms. The van der Waals surface area contributed by atoms with Gasteiger partial charge in [-0.05, 0) is 48.7 Å². The van der Waals surface area contributed by atoms with Gasteiger partial charge in [-0.3, -0.25) is 0 Å². The Morgan fingerprint density at radius 3 is 2.62 bits per heavy atom. The van der Waals surface area contributed by atoms with Crippen LogP contribution in [0.3, 0.4) is 0 Å². The zero-order chi connectivity index (χ0) is 20.2. The highest BCUT2D eigenvalue weighted by atomic mass is 32.2. The maximum atomic E-state index is 6.02. The fourth-order valence-electron chi connectivity index (χ4n) is 3.51. The molecule has 0 unspecified atom stereocenters. The van der Waals surface area contributed by atoms with Crippen molar-refractivity contribution in [2.45, 2.75) is 44.8 Å². The number of rotatable bonds is 7. The minimum atomic E-state index is 0.416. The lowest BCUT2D eigenvalue weighted by molar-refractivity contribution is 0.286. The maximum absolute atomic E-state index is 6.02. The summed E-state index contributed by atoms with van der Waals surface area (Å²) in [6.45, 7) is 7.50. The van der Waals surface area contributed by atoms with Crippen LogP contribution in [0.1, 0.15) is 29.4 Å². The number of hydrogen-bond donors (Lipinski definition) is 0. The smallest absolute Gasteiger partial charge is 0.191 e. The van der Waals surface area contributed by atoms with Gasteiger partial charge in [0, 0.05) is 12.3 Å². The van der Waals surface area contributed by atoms with Crippen LogP contribution in [0.25, 0.3) is 10.8 Å². The first-order chi connectivity index (χ1) is 14.2. The van der Waals surface area contributed by atoms with Gasteiger partial charge in [0.05, 0.1) is 0 Å². The first-order valence-corrected chi connectivity index (χ1v) is 10.9. The van der Waals surface area contributed by atoms with E-state index < -0.39 is 0 Å². The molecule has 0 atom stereocenters. The number of aromatic nitrogens is 3. The minimum Gasteiger partial charge on any atom is -0.485 e. The number of aryl methyl sites for hydroxylation is 2. The van der Waals surface area contributed by atoms with Crippen molar-refractivity contribution in [1.82, 2.24) is 14.8 Å². The van der Waals surface area contributed by atoms with Crippen molar-refractivity contribution in [2.24, 2.45) is 0 Å². The molecule has 0 aliphatic carbocycles. The summed E-state index contributed by atoms with van der Waals surface area (Å²) in [7, 11) is 0. The molecule has 0 saturated heterocycles.